The molecule has 0 bridgehead atoms. The van der Waals surface area contributed by atoms with Crippen molar-refractivity contribution in [1.29, 1.82) is 0 Å². The van der Waals surface area contributed by atoms with Gasteiger partial charge in [0.1, 0.15) is 5.78 Å². The van der Waals surface area contributed by atoms with Gasteiger partial charge in [0.15, 0.2) is 0 Å². The van der Waals surface area contributed by atoms with Gasteiger partial charge in [-0.25, -0.2) is 0 Å². The van der Waals surface area contributed by atoms with Crippen LogP contribution in [0.2, 0.25) is 0 Å². The molecule has 0 aromatic carbocycles. The van der Waals surface area contributed by atoms with Gasteiger partial charge < -0.3 is 0 Å². The molecule has 0 spiro atoms. The van der Waals surface area contributed by atoms with Gasteiger partial charge in [0.25, 0.3) is 0 Å². The Bertz CT molecular complexity index is 134. The van der Waals surface area contributed by atoms with E-state index < -0.39 is 0 Å². The maximum absolute atomic E-state index is 11.0. The number of ketones is 1. The summed E-state index contributed by atoms with van der Waals surface area (Å²) in [6.45, 7) is 15.8. The number of carbonyl (C=O) groups excluding carboxylic acids is 1. The van der Waals surface area contributed by atoms with Gasteiger partial charge in [-0.15, -0.1) is 0 Å². The predicted molar refractivity (Wildman–Crippen MR) is 80.5 cm³/mol. The van der Waals surface area contributed by atoms with Gasteiger partial charge in [0, 0.05) is 5.92 Å². The SMILES string of the molecule is CC.CC.CC.CC(=O)[C@@H](C)C1CCCCC1. The monoisotopic (exact) mass is 244 g/mol. The normalized spacial score (nSPS) is 16.0. The topological polar surface area (TPSA) is 17.1 Å². The Balaban J connectivity index is -0.000000285. The zero-order valence-corrected chi connectivity index (χ0v) is 13.6. The summed E-state index contributed by atoms with van der Waals surface area (Å²) in [5.41, 5.74) is 0. The van der Waals surface area contributed by atoms with Gasteiger partial charge in [-0.2, -0.15) is 0 Å². The summed E-state index contributed by atoms with van der Waals surface area (Å²) < 4.78 is 0. The summed E-state index contributed by atoms with van der Waals surface area (Å²) in [5.74, 6) is 1.38. The lowest BCUT2D eigenvalue weighted by atomic mass is 9.79. The van der Waals surface area contributed by atoms with E-state index in [2.05, 4.69) is 6.92 Å². The van der Waals surface area contributed by atoms with Gasteiger partial charge in [-0.05, 0) is 25.7 Å². The molecule has 0 heterocycles. The molecule has 0 saturated heterocycles. The predicted octanol–water partition coefficient (Wildman–Crippen LogP) is 5.87. The van der Waals surface area contributed by atoms with Crippen LogP contribution in [0, 0.1) is 11.8 Å². The zero-order valence-electron chi connectivity index (χ0n) is 13.6. The molecule has 1 aliphatic rings. The van der Waals surface area contributed by atoms with Crippen LogP contribution >= 0.6 is 0 Å². The van der Waals surface area contributed by atoms with Crippen LogP contribution in [0.3, 0.4) is 0 Å². The number of carbonyl (C=O) groups is 1. The first kappa shape index (κ1) is 21.9. The fraction of sp³-hybridized carbons (Fsp3) is 0.938. The molecular formula is C16H36O. The lowest BCUT2D eigenvalue weighted by Gasteiger charge is -2.25. The van der Waals surface area contributed by atoms with Crippen LogP contribution in [0.5, 0.6) is 0 Å². The summed E-state index contributed by atoms with van der Waals surface area (Å²) in [6, 6.07) is 0. The molecule has 1 saturated carbocycles. The first-order chi connectivity index (χ1) is 8.22. The maximum atomic E-state index is 11.0. The average molecular weight is 244 g/mol. The van der Waals surface area contributed by atoms with Crippen molar-refractivity contribution in [3.63, 3.8) is 0 Å². The second kappa shape index (κ2) is 18.0. The Labute approximate surface area is 110 Å². The molecule has 0 aromatic rings. The smallest absolute Gasteiger partial charge is 0.132 e. The molecule has 1 aliphatic carbocycles. The Morgan fingerprint density at radius 2 is 1.24 bits per heavy atom. The maximum Gasteiger partial charge on any atom is 0.132 e. The van der Waals surface area contributed by atoms with E-state index >= 15 is 0 Å². The molecule has 17 heavy (non-hydrogen) atoms. The minimum Gasteiger partial charge on any atom is -0.300 e. The second-order valence-corrected chi connectivity index (χ2v) is 3.80. The average Bonchev–Trinajstić information content (AvgIpc) is 2.45. The number of hydrogen-bond acceptors (Lipinski definition) is 1. The standard InChI is InChI=1S/C10H18O.3C2H6/c1-8(9(2)11)10-6-4-3-5-7-10;3*1-2/h8,10H,3-7H2,1-2H3;3*1-2H3/t8-;;;/m1.../s1. The summed E-state index contributed by atoms with van der Waals surface area (Å²) in [6.07, 6.45) is 6.60. The molecule has 0 aliphatic heterocycles. The van der Waals surface area contributed by atoms with Crippen LogP contribution in [0.1, 0.15) is 87.5 Å². The third-order valence-electron chi connectivity index (χ3n) is 3.00. The van der Waals surface area contributed by atoms with Gasteiger partial charge in [0.05, 0.1) is 0 Å². The molecule has 0 N–H and O–H groups in total. The van der Waals surface area contributed by atoms with Crippen LogP contribution in [0.15, 0.2) is 0 Å². The van der Waals surface area contributed by atoms with Crippen molar-refractivity contribution >= 4 is 5.78 Å². The molecule has 0 amide bonds. The number of Topliss-reactive ketones (excluding diaryl/α,β-unsaturated/α-hetero) is 1. The largest absolute Gasteiger partial charge is 0.300 e. The molecule has 1 nitrogen and oxygen atoms in total. The third-order valence-corrected chi connectivity index (χ3v) is 3.00. The van der Waals surface area contributed by atoms with E-state index in [-0.39, 0.29) is 0 Å². The lowest BCUT2D eigenvalue weighted by molar-refractivity contribution is -0.122. The molecular weight excluding hydrogens is 208 g/mol. The van der Waals surface area contributed by atoms with Gasteiger partial charge in [-0.1, -0.05) is 67.7 Å². The number of rotatable bonds is 2. The Morgan fingerprint density at radius 1 is 0.882 bits per heavy atom. The highest BCUT2D eigenvalue weighted by Crippen LogP contribution is 2.29. The summed E-state index contributed by atoms with van der Waals surface area (Å²) in [4.78, 5) is 11.0. The van der Waals surface area contributed by atoms with E-state index in [1.54, 1.807) is 6.92 Å². The highest BCUT2D eigenvalue weighted by atomic mass is 16.1. The zero-order chi connectivity index (χ0) is 14.3. The van der Waals surface area contributed by atoms with Crippen molar-refractivity contribution in [3.05, 3.63) is 0 Å². The van der Waals surface area contributed by atoms with Crippen molar-refractivity contribution in [3.8, 4) is 0 Å². The van der Waals surface area contributed by atoms with E-state index in [1.807, 2.05) is 41.5 Å². The molecule has 1 atom stereocenters. The van der Waals surface area contributed by atoms with Crippen molar-refractivity contribution in [1.82, 2.24) is 0 Å². The van der Waals surface area contributed by atoms with E-state index in [9.17, 15) is 4.79 Å². The van der Waals surface area contributed by atoms with Gasteiger partial charge in [0.2, 0.25) is 0 Å². The minimum absolute atomic E-state index is 0.315. The van der Waals surface area contributed by atoms with Gasteiger partial charge >= 0.3 is 0 Å². The van der Waals surface area contributed by atoms with Crippen LogP contribution in [-0.4, -0.2) is 5.78 Å². The number of hydrogen-bond donors (Lipinski definition) is 0. The fourth-order valence-corrected chi connectivity index (χ4v) is 1.97. The van der Waals surface area contributed by atoms with Crippen LogP contribution in [0.25, 0.3) is 0 Å². The Kier molecular flexibility index (Phi) is 23.3. The molecule has 106 valence electrons. The molecule has 0 radical (unpaired) electrons. The quantitative estimate of drug-likeness (QED) is 0.593. The Hall–Kier alpha value is -0.330. The first-order valence-corrected chi connectivity index (χ1v) is 7.72. The highest BCUT2D eigenvalue weighted by Gasteiger charge is 2.22. The third kappa shape index (κ3) is 11.9. The van der Waals surface area contributed by atoms with E-state index in [0.29, 0.717) is 17.6 Å². The van der Waals surface area contributed by atoms with Crippen LogP contribution in [-0.2, 0) is 4.79 Å². The van der Waals surface area contributed by atoms with Crippen molar-refractivity contribution < 1.29 is 4.79 Å². The molecule has 0 aromatic heterocycles. The molecule has 1 heteroatoms. The highest BCUT2D eigenvalue weighted by molar-refractivity contribution is 5.78. The Morgan fingerprint density at radius 3 is 1.53 bits per heavy atom. The summed E-state index contributed by atoms with van der Waals surface area (Å²) >= 11 is 0. The summed E-state index contributed by atoms with van der Waals surface area (Å²) in [5, 5.41) is 0. The molecule has 0 unspecified atom stereocenters. The van der Waals surface area contributed by atoms with E-state index in [0.717, 1.165) is 0 Å². The molecule has 1 rings (SSSR count). The molecule has 1 fully saturated rings. The summed E-state index contributed by atoms with van der Waals surface area (Å²) in [7, 11) is 0. The van der Waals surface area contributed by atoms with Crippen LogP contribution < -0.4 is 0 Å². The van der Waals surface area contributed by atoms with Crippen molar-refractivity contribution in [2.75, 3.05) is 0 Å². The van der Waals surface area contributed by atoms with Crippen LogP contribution in [0.4, 0.5) is 0 Å². The second-order valence-electron chi connectivity index (χ2n) is 3.80. The lowest BCUT2D eigenvalue weighted by Crippen LogP contribution is -2.20. The van der Waals surface area contributed by atoms with Crippen molar-refractivity contribution in [2.45, 2.75) is 87.5 Å². The first-order valence-electron chi connectivity index (χ1n) is 7.72. The van der Waals surface area contributed by atoms with E-state index in [4.69, 9.17) is 0 Å². The minimum atomic E-state index is 0.315. The van der Waals surface area contributed by atoms with Gasteiger partial charge in [-0.3, -0.25) is 4.79 Å². The van der Waals surface area contributed by atoms with E-state index in [1.165, 1.54) is 32.1 Å². The fourth-order valence-electron chi connectivity index (χ4n) is 1.97. The van der Waals surface area contributed by atoms with Crippen molar-refractivity contribution in [2.24, 2.45) is 11.8 Å².